The first-order chi connectivity index (χ1) is 11.6. The fourth-order valence-corrected chi connectivity index (χ4v) is 3.00. The predicted molar refractivity (Wildman–Crippen MR) is 90.4 cm³/mol. The quantitative estimate of drug-likeness (QED) is 0.874. The molecule has 0 aliphatic carbocycles. The molecule has 1 aliphatic heterocycles. The summed E-state index contributed by atoms with van der Waals surface area (Å²) in [6.07, 6.45) is 3.21. The molecular weight excluding hydrogens is 328 g/mol. The first-order valence-corrected chi connectivity index (χ1v) is 8.35. The second kappa shape index (κ2) is 7.53. The summed E-state index contributed by atoms with van der Waals surface area (Å²) in [6.45, 7) is 0.915. The smallest absolute Gasteiger partial charge is 0.242 e. The van der Waals surface area contributed by atoms with Gasteiger partial charge in [0.05, 0.1) is 6.26 Å². The Balaban J connectivity index is 1.57. The molecule has 1 aliphatic rings. The molecule has 2 amide bonds. The topological polar surface area (TPSA) is 62.6 Å². The van der Waals surface area contributed by atoms with E-state index >= 15 is 0 Å². The summed E-state index contributed by atoms with van der Waals surface area (Å²) >= 11 is 5.88. The molecule has 5 nitrogen and oxygen atoms in total. The lowest BCUT2D eigenvalue weighted by Gasteiger charge is -2.24. The zero-order valence-corrected chi connectivity index (χ0v) is 14.0. The van der Waals surface area contributed by atoms with Crippen molar-refractivity contribution >= 4 is 23.4 Å². The largest absolute Gasteiger partial charge is 0.469 e. The molecule has 126 valence electrons. The highest BCUT2D eigenvalue weighted by molar-refractivity contribution is 6.30. The van der Waals surface area contributed by atoms with Crippen molar-refractivity contribution in [2.75, 3.05) is 6.54 Å². The number of carbonyl (C=O) groups is 2. The van der Waals surface area contributed by atoms with Gasteiger partial charge < -0.3 is 14.6 Å². The third kappa shape index (κ3) is 3.97. The average Bonchev–Trinajstić information content (AvgIpc) is 3.20. The van der Waals surface area contributed by atoms with Gasteiger partial charge in [-0.05, 0) is 36.2 Å². The van der Waals surface area contributed by atoms with Crippen molar-refractivity contribution in [3.05, 3.63) is 59.0 Å². The van der Waals surface area contributed by atoms with Crippen molar-refractivity contribution in [1.29, 1.82) is 0 Å². The van der Waals surface area contributed by atoms with Crippen LogP contribution in [-0.4, -0.2) is 29.3 Å². The van der Waals surface area contributed by atoms with Crippen molar-refractivity contribution in [2.45, 2.75) is 31.8 Å². The fraction of sp³-hybridized carbons (Fsp3) is 0.333. The monoisotopic (exact) mass is 346 g/mol. The zero-order chi connectivity index (χ0) is 16.9. The van der Waals surface area contributed by atoms with Crippen LogP contribution in [-0.2, 0) is 22.6 Å². The van der Waals surface area contributed by atoms with E-state index < -0.39 is 6.04 Å². The van der Waals surface area contributed by atoms with Gasteiger partial charge in [-0.1, -0.05) is 23.7 Å². The number of amides is 2. The van der Waals surface area contributed by atoms with E-state index in [2.05, 4.69) is 5.32 Å². The maximum atomic E-state index is 12.4. The molecule has 6 heteroatoms. The van der Waals surface area contributed by atoms with Crippen LogP contribution < -0.4 is 5.32 Å². The van der Waals surface area contributed by atoms with Crippen LogP contribution in [0.2, 0.25) is 5.02 Å². The maximum Gasteiger partial charge on any atom is 0.242 e. The number of furan rings is 1. The molecule has 0 bridgehead atoms. The molecule has 1 unspecified atom stereocenters. The van der Waals surface area contributed by atoms with Crippen LogP contribution in [0.15, 0.2) is 47.1 Å². The highest BCUT2D eigenvalue weighted by Gasteiger charge is 2.35. The lowest BCUT2D eigenvalue weighted by molar-refractivity contribution is -0.135. The minimum atomic E-state index is -0.412. The summed E-state index contributed by atoms with van der Waals surface area (Å²) in [7, 11) is 0. The Morgan fingerprint density at radius 1 is 1.29 bits per heavy atom. The summed E-state index contributed by atoms with van der Waals surface area (Å²) < 4.78 is 5.24. The molecule has 3 rings (SSSR count). The van der Waals surface area contributed by atoms with Crippen molar-refractivity contribution < 1.29 is 14.0 Å². The van der Waals surface area contributed by atoms with Gasteiger partial charge in [-0.25, -0.2) is 0 Å². The number of hydrogen-bond donors (Lipinski definition) is 1. The Bertz CT molecular complexity index is 698. The summed E-state index contributed by atoms with van der Waals surface area (Å²) in [4.78, 5) is 26.2. The summed E-state index contributed by atoms with van der Waals surface area (Å²) in [5.74, 6) is 0.730. The molecule has 1 N–H and O–H groups in total. The van der Waals surface area contributed by atoms with Crippen LogP contribution in [0.1, 0.15) is 24.2 Å². The molecule has 1 saturated heterocycles. The van der Waals surface area contributed by atoms with Crippen LogP contribution in [0, 0.1) is 0 Å². The molecule has 0 saturated carbocycles. The number of carbonyl (C=O) groups excluding carboxylic acids is 2. The zero-order valence-electron chi connectivity index (χ0n) is 13.2. The van der Waals surface area contributed by atoms with Crippen molar-refractivity contribution in [2.24, 2.45) is 0 Å². The van der Waals surface area contributed by atoms with Crippen LogP contribution >= 0.6 is 11.6 Å². The fourth-order valence-electron chi connectivity index (χ4n) is 2.87. The van der Waals surface area contributed by atoms with Crippen LogP contribution in [0.3, 0.4) is 0 Å². The minimum Gasteiger partial charge on any atom is -0.469 e. The van der Waals surface area contributed by atoms with E-state index in [1.54, 1.807) is 23.3 Å². The van der Waals surface area contributed by atoms with Gasteiger partial charge in [-0.15, -0.1) is 0 Å². The van der Waals surface area contributed by atoms with Gasteiger partial charge in [0.1, 0.15) is 11.8 Å². The van der Waals surface area contributed by atoms with E-state index in [0.717, 1.165) is 11.3 Å². The Morgan fingerprint density at radius 3 is 2.79 bits per heavy atom. The lowest BCUT2D eigenvalue weighted by Crippen LogP contribution is -2.44. The van der Waals surface area contributed by atoms with Crippen molar-refractivity contribution in [3.63, 3.8) is 0 Å². The third-order valence-electron chi connectivity index (χ3n) is 4.15. The molecule has 2 aromatic rings. The highest BCUT2D eigenvalue weighted by atomic mass is 35.5. The van der Waals surface area contributed by atoms with Crippen molar-refractivity contribution in [3.8, 4) is 0 Å². The normalized spacial score (nSPS) is 17.3. The first kappa shape index (κ1) is 16.6. The number of rotatable bonds is 6. The number of likely N-dealkylation sites (tertiary alicyclic amines) is 1. The number of benzene rings is 1. The highest BCUT2D eigenvalue weighted by Crippen LogP contribution is 2.22. The van der Waals surface area contributed by atoms with E-state index in [4.69, 9.17) is 16.0 Å². The number of hydrogen-bond acceptors (Lipinski definition) is 3. The number of halogens is 1. The predicted octanol–water partition coefficient (Wildman–Crippen LogP) is 2.78. The minimum absolute atomic E-state index is 0.0103. The summed E-state index contributed by atoms with van der Waals surface area (Å²) in [5.41, 5.74) is 0.961. The molecule has 1 fully saturated rings. The van der Waals surface area contributed by atoms with Gasteiger partial charge in [-0.3, -0.25) is 9.59 Å². The van der Waals surface area contributed by atoms with Crippen LogP contribution in [0.25, 0.3) is 0 Å². The van der Waals surface area contributed by atoms with E-state index in [1.807, 2.05) is 24.3 Å². The molecule has 1 aromatic heterocycles. The molecule has 2 heterocycles. The summed E-state index contributed by atoms with van der Waals surface area (Å²) in [6, 6.07) is 10.6. The molecule has 24 heavy (non-hydrogen) atoms. The molecule has 0 radical (unpaired) electrons. The van der Waals surface area contributed by atoms with Gasteiger partial charge >= 0.3 is 0 Å². The third-order valence-corrected chi connectivity index (χ3v) is 4.40. The average molecular weight is 347 g/mol. The summed E-state index contributed by atoms with van der Waals surface area (Å²) in [5, 5.41) is 3.55. The molecule has 1 aromatic carbocycles. The standard InChI is InChI=1S/C18H19ClN2O3/c19-14-5-3-13(4-6-14)12-21-16(7-8-17(21)22)18(23)20-10-9-15-2-1-11-24-15/h1-6,11,16H,7-10,12H2,(H,20,23). The number of nitrogens with one attached hydrogen (secondary N) is 1. The van der Waals surface area contributed by atoms with Gasteiger partial charge in [-0.2, -0.15) is 0 Å². The first-order valence-electron chi connectivity index (χ1n) is 7.97. The lowest BCUT2D eigenvalue weighted by atomic mass is 10.1. The van der Waals surface area contributed by atoms with E-state index in [1.165, 1.54) is 0 Å². The van der Waals surface area contributed by atoms with Crippen molar-refractivity contribution in [1.82, 2.24) is 10.2 Å². The van der Waals surface area contributed by atoms with E-state index in [0.29, 0.717) is 37.4 Å². The Morgan fingerprint density at radius 2 is 2.08 bits per heavy atom. The molecule has 1 atom stereocenters. The molecule has 0 spiro atoms. The van der Waals surface area contributed by atoms with Crippen LogP contribution in [0.5, 0.6) is 0 Å². The Hall–Kier alpha value is -2.27. The van der Waals surface area contributed by atoms with E-state index in [9.17, 15) is 9.59 Å². The Kier molecular flexibility index (Phi) is 5.20. The SMILES string of the molecule is O=C(NCCc1ccco1)C1CCC(=O)N1Cc1ccc(Cl)cc1. The van der Waals surface area contributed by atoms with Gasteiger partial charge in [0.2, 0.25) is 11.8 Å². The van der Waals surface area contributed by atoms with Gasteiger partial charge in [0, 0.05) is 31.0 Å². The van der Waals surface area contributed by atoms with Crippen LogP contribution in [0.4, 0.5) is 0 Å². The second-order valence-electron chi connectivity index (χ2n) is 5.82. The van der Waals surface area contributed by atoms with E-state index in [-0.39, 0.29) is 11.8 Å². The number of nitrogens with zero attached hydrogens (tertiary/aromatic N) is 1. The van der Waals surface area contributed by atoms with Gasteiger partial charge in [0.25, 0.3) is 0 Å². The molecular formula is C18H19ClN2O3. The second-order valence-corrected chi connectivity index (χ2v) is 6.26. The van der Waals surface area contributed by atoms with Gasteiger partial charge in [0.15, 0.2) is 0 Å². The maximum absolute atomic E-state index is 12.4. The Labute approximate surface area is 145 Å².